The van der Waals surface area contributed by atoms with Crippen LogP contribution in [-0.2, 0) is 0 Å². The Morgan fingerprint density at radius 3 is 1.35 bits per heavy atom. The first-order chi connectivity index (χ1) is 26.7. The van der Waals surface area contributed by atoms with Gasteiger partial charge in [0.2, 0.25) is 0 Å². The molecule has 1 aliphatic carbocycles. The second-order valence-corrected chi connectivity index (χ2v) is 15.8. The van der Waals surface area contributed by atoms with Crippen LogP contribution >= 0.6 is 23.5 Å². The van der Waals surface area contributed by atoms with E-state index in [2.05, 4.69) is 168 Å². The molecule has 0 spiro atoms. The van der Waals surface area contributed by atoms with E-state index >= 15 is 0 Å². The number of carbonyl (C=O) groups is 1. The topological polar surface area (TPSA) is 23.6 Å². The van der Waals surface area contributed by atoms with Gasteiger partial charge in [0.05, 0.1) is 28.4 Å². The third-order valence-electron chi connectivity index (χ3n) is 10.6. The summed E-state index contributed by atoms with van der Waals surface area (Å²) in [6, 6.07) is 64.5. The fourth-order valence-electron chi connectivity index (χ4n) is 8.18. The van der Waals surface area contributed by atoms with E-state index in [1.807, 2.05) is 47.8 Å². The molecule has 0 unspecified atom stereocenters. The number of anilines is 6. The number of hydrogen-bond acceptors (Lipinski definition) is 5. The van der Waals surface area contributed by atoms with Gasteiger partial charge in [-0.3, -0.25) is 4.79 Å². The Kier molecular flexibility index (Phi) is 7.19. The summed E-state index contributed by atoms with van der Waals surface area (Å²) in [5, 5.41) is 0. The molecule has 0 amide bonds. The predicted octanol–water partition coefficient (Wildman–Crippen LogP) is 14.1. The van der Waals surface area contributed by atoms with Crippen LogP contribution in [0.25, 0.3) is 33.4 Å². The van der Waals surface area contributed by atoms with Crippen LogP contribution in [0.2, 0.25) is 0 Å². The minimum absolute atomic E-state index is 0.0951. The van der Waals surface area contributed by atoms with Crippen LogP contribution in [0.3, 0.4) is 0 Å². The van der Waals surface area contributed by atoms with Crippen molar-refractivity contribution in [1.29, 1.82) is 0 Å². The van der Waals surface area contributed by atoms with Gasteiger partial charge in [0.15, 0.2) is 5.78 Å². The molecule has 0 aromatic heterocycles. The fraction of sp³-hybridized carbons (Fsp3) is 0. The smallest absolute Gasteiger partial charge is 0.194 e. The SMILES string of the molecule is O=C1c2ccccc2-c2cccc(-c3ccc(-c4ccc(N5c6ccccc6Sc6ccccc65)cc4N4c5ccccc5Sc5ccccc54)cc3)c21. The van der Waals surface area contributed by atoms with Crippen LogP contribution in [0.15, 0.2) is 202 Å². The molecule has 0 fully saturated rings. The van der Waals surface area contributed by atoms with Crippen LogP contribution in [0.4, 0.5) is 34.1 Å². The van der Waals surface area contributed by atoms with Crippen LogP contribution < -0.4 is 9.80 Å². The lowest BCUT2D eigenvalue weighted by atomic mass is 9.93. The molecule has 5 heteroatoms. The third kappa shape index (κ3) is 4.82. The van der Waals surface area contributed by atoms with Gasteiger partial charge in [-0.05, 0) is 88.5 Å². The van der Waals surface area contributed by atoms with Crippen molar-refractivity contribution in [1.82, 2.24) is 0 Å². The van der Waals surface area contributed by atoms with Crippen LogP contribution in [0.5, 0.6) is 0 Å². The quantitative estimate of drug-likeness (QED) is 0.180. The Balaban J connectivity index is 1.10. The molecule has 54 heavy (non-hydrogen) atoms. The Bertz CT molecular complexity index is 2740. The van der Waals surface area contributed by atoms with Crippen LogP contribution in [-0.4, -0.2) is 5.78 Å². The summed E-state index contributed by atoms with van der Waals surface area (Å²) in [4.78, 5) is 23.4. The van der Waals surface area contributed by atoms with Crippen molar-refractivity contribution < 1.29 is 4.79 Å². The second kappa shape index (κ2) is 12.4. The molecule has 0 saturated carbocycles. The lowest BCUT2D eigenvalue weighted by Crippen LogP contribution is -2.18. The van der Waals surface area contributed by atoms with Crippen LogP contribution in [0.1, 0.15) is 15.9 Å². The summed E-state index contributed by atoms with van der Waals surface area (Å²) in [6.45, 7) is 0. The standard InChI is InChI=1S/C49H30N2OS2/c52-49-38-13-2-1-12-36(38)37-15-11-14-35(48(37)49)32-26-24-31(25-27-32)34-29-28-33(50-39-16-3-7-20-44(39)53-45-21-8-4-17-40(45)50)30-43(34)51-41-18-5-9-22-46(41)54-47-23-10-6-19-42(47)51/h1-30H. The Morgan fingerprint density at radius 1 is 0.333 bits per heavy atom. The maximum Gasteiger partial charge on any atom is 0.194 e. The van der Waals surface area contributed by atoms with Crippen molar-refractivity contribution in [3.8, 4) is 33.4 Å². The lowest BCUT2D eigenvalue weighted by molar-refractivity contribution is 0.104. The molecule has 0 bridgehead atoms. The first-order valence-electron chi connectivity index (χ1n) is 18.1. The molecule has 0 saturated heterocycles. The molecule has 2 heterocycles. The summed E-state index contributed by atoms with van der Waals surface area (Å²) in [7, 11) is 0. The highest BCUT2D eigenvalue weighted by atomic mass is 32.2. The summed E-state index contributed by atoms with van der Waals surface area (Å²) in [6.07, 6.45) is 0. The maximum absolute atomic E-state index is 13.7. The number of hydrogen-bond donors (Lipinski definition) is 0. The number of benzene rings is 8. The first kappa shape index (κ1) is 31.3. The minimum atomic E-state index is 0.0951. The highest BCUT2D eigenvalue weighted by molar-refractivity contribution is 8.00. The van der Waals surface area contributed by atoms with E-state index in [4.69, 9.17) is 0 Å². The van der Waals surface area contributed by atoms with E-state index in [0.29, 0.717) is 0 Å². The van der Waals surface area contributed by atoms with E-state index in [0.717, 1.165) is 67.3 Å². The molecular formula is C49H30N2OS2. The fourth-order valence-corrected chi connectivity index (χ4v) is 10.3. The summed E-state index contributed by atoms with van der Waals surface area (Å²) < 4.78 is 0. The number of carbonyl (C=O) groups excluding carboxylic acids is 1. The molecule has 2 aliphatic heterocycles. The average Bonchev–Trinajstić information content (AvgIpc) is 3.53. The van der Waals surface area contributed by atoms with Gasteiger partial charge in [0.1, 0.15) is 0 Å². The summed E-state index contributed by atoms with van der Waals surface area (Å²) >= 11 is 3.64. The highest BCUT2D eigenvalue weighted by Crippen LogP contribution is 2.56. The van der Waals surface area contributed by atoms with Gasteiger partial charge in [-0.2, -0.15) is 0 Å². The first-order valence-corrected chi connectivity index (χ1v) is 19.7. The van der Waals surface area contributed by atoms with E-state index in [9.17, 15) is 4.79 Å². The van der Waals surface area contributed by atoms with Crippen molar-refractivity contribution in [2.24, 2.45) is 0 Å². The minimum Gasteiger partial charge on any atom is -0.308 e. The van der Waals surface area contributed by atoms with E-state index in [-0.39, 0.29) is 5.78 Å². The van der Waals surface area contributed by atoms with Crippen molar-refractivity contribution in [2.75, 3.05) is 9.80 Å². The Labute approximate surface area is 322 Å². The zero-order chi connectivity index (χ0) is 35.8. The molecule has 0 N–H and O–H groups in total. The van der Waals surface area contributed by atoms with E-state index in [1.54, 1.807) is 0 Å². The van der Waals surface area contributed by atoms with E-state index < -0.39 is 0 Å². The number of rotatable bonds is 4. The monoisotopic (exact) mass is 726 g/mol. The highest BCUT2D eigenvalue weighted by Gasteiger charge is 2.31. The van der Waals surface area contributed by atoms with Gasteiger partial charge in [-0.15, -0.1) is 0 Å². The predicted molar refractivity (Wildman–Crippen MR) is 224 cm³/mol. The zero-order valence-corrected chi connectivity index (χ0v) is 30.6. The molecule has 3 aliphatic rings. The number of nitrogens with zero attached hydrogens (tertiary/aromatic N) is 2. The number of ketones is 1. The van der Waals surface area contributed by atoms with Gasteiger partial charge >= 0.3 is 0 Å². The van der Waals surface area contributed by atoms with Gasteiger partial charge in [-0.1, -0.05) is 145 Å². The molecule has 0 atom stereocenters. The van der Waals surface area contributed by atoms with Gasteiger partial charge in [0.25, 0.3) is 0 Å². The third-order valence-corrected chi connectivity index (χ3v) is 12.9. The molecule has 11 rings (SSSR count). The lowest BCUT2D eigenvalue weighted by Gasteiger charge is -2.36. The van der Waals surface area contributed by atoms with Gasteiger partial charge in [-0.25, -0.2) is 0 Å². The Hall–Kier alpha value is -6.27. The van der Waals surface area contributed by atoms with Gasteiger partial charge in [0, 0.05) is 42.0 Å². The largest absolute Gasteiger partial charge is 0.308 e. The van der Waals surface area contributed by atoms with Crippen molar-refractivity contribution >= 4 is 63.4 Å². The van der Waals surface area contributed by atoms with Crippen LogP contribution in [0, 0.1) is 0 Å². The Morgan fingerprint density at radius 2 is 0.778 bits per heavy atom. The molecule has 8 aromatic rings. The number of fused-ring (bicyclic) bond motifs is 7. The molecule has 8 aromatic carbocycles. The zero-order valence-electron chi connectivity index (χ0n) is 28.9. The molecule has 3 nitrogen and oxygen atoms in total. The summed E-state index contributed by atoms with van der Waals surface area (Å²) in [5.74, 6) is 0.0951. The average molecular weight is 727 g/mol. The van der Waals surface area contributed by atoms with Crippen molar-refractivity contribution in [2.45, 2.75) is 19.6 Å². The number of para-hydroxylation sites is 4. The van der Waals surface area contributed by atoms with E-state index in [1.165, 1.54) is 31.0 Å². The normalized spacial score (nSPS) is 13.4. The summed E-state index contributed by atoms with van der Waals surface area (Å²) in [5.41, 5.74) is 14.7. The van der Waals surface area contributed by atoms with Crippen molar-refractivity contribution in [3.63, 3.8) is 0 Å². The molecule has 254 valence electrons. The van der Waals surface area contributed by atoms with Crippen molar-refractivity contribution in [3.05, 3.63) is 193 Å². The molecular weight excluding hydrogens is 697 g/mol. The maximum atomic E-state index is 13.7. The molecule has 0 radical (unpaired) electrons. The van der Waals surface area contributed by atoms with Gasteiger partial charge < -0.3 is 9.80 Å². The second-order valence-electron chi connectivity index (χ2n) is 13.6.